The molecule has 4 rings (SSSR count). The Morgan fingerprint density at radius 2 is 1.94 bits per heavy atom. The maximum absolute atomic E-state index is 14.3. The van der Waals surface area contributed by atoms with Crippen LogP contribution in [0.15, 0.2) is 34.9 Å². The van der Waals surface area contributed by atoms with Gasteiger partial charge in [0.25, 0.3) is 0 Å². The lowest BCUT2D eigenvalue weighted by Gasteiger charge is -2.47. The molecule has 192 valence electrons. The first kappa shape index (κ1) is 26.6. The van der Waals surface area contributed by atoms with Crippen LogP contribution in [0.3, 0.4) is 0 Å². The first-order valence-electron chi connectivity index (χ1n) is 11.9. The summed E-state index contributed by atoms with van der Waals surface area (Å²) >= 11 is 9.81. The predicted octanol–water partition coefficient (Wildman–Crippen LogP) is 4.57. The van der Waals surface area contributed by atoms with Crippen LogP contribution in [-0.2, 0) is 16.6 Å². The SMILES string of the molecule is CC[C@H]1CN(c2ncc(NS(C)(=O)=O)cc2Cl)CCN1C1CCN(Cc2ccc(Br)cc2F)CC1. The molecule has 0 aliphatic carbocycles. The van der Waals surface area contributed by atoms with Gasteiger partial charge >= 0.3 is 0 Å². The summed E-state index contributed by atoms with van der Waals surface area (Å²) in [4.78, 5) is 11.6. The fourth-order valence-electron chi connectivity index (χ4n) is 5.14. The quantitative estimate of drug-likeness (QED) is 0.511. The zero-order chi connectivity index (χ0) is 25.2. The first-order chi connectivity index (χ1) is 16.6. The number of nitrogens with zero attached hydrogens (tertiary/aromatic N) is 4. The summed E-state index contributed by atoms with van der Waals surface area (Å²) in [6, 6.07) is 7.80. The highest BCUT2D eigenvalue weighted by Crippen LogP contribution is 2.31. The number of piperazine rings is 1. The maximum atomic E-state index is 14.3. The highest BCUT2D eigenvalue weighted by Gasteiger charge is 2.34. The van der Waals surface area contributed by atoms with Gasteiger partial charge in [-0.3, -0.25) is 14.5 Å². The number of halogens is 3. The largest absolute Gasteiger partial charge is 0.353 e. The molecule has 0 spiro atoms. The lowest BCUT2D eigenvalue weighted by atomic mass is 9.97. The summed E-state index contributed by atoms with van der Waals surface area (Å²) < 4.78 is 40.4. The van der Waals surface area contributed by atoms with Gasteiger partial charge in [0, 0.05) is 48.3 Å². The van der Waals surface area contributed by atoms with Crippen molar-refractivity contribution in [3.63, 3.8) is 0 Å². The van der Waals surface area contributed by atoms with Crippen LogP contribution in [0.2, 0.25) is 5.02 Å². The van der Waals surface area contributed by atoms with Crippen LogP contribution in [0.1, 0.15) is 31.7 Å². The molecule has 11 heteroatoms. The van der Waals surface area contributed by atoms with Gasteiger partial charge in [0.05, 0.1) is 23.2 Å². The zero-order valence-corrected chi connectivity index (χ0v) is 23.2. The van der Waals surface area contributed by atoms with E-state index in [0.717, 1.165) is 68.3 Å². The van der Waals surface area contributed by atoms with Crippen LogP contribution in [0.25, 0.3) is 0 Å². The Morgan fingerprint density at radius 3 is 2.57 bits per heavy atom. The third-order valence-corrected chi connectivity index (χ3v) is 8.24. The van der Waals surface area contributed by atoms with Crippen molar-refractivity contribution in [2.24, 2.45) is 0 Å². The molecule has 1 aromatic heterocycles. The van der Waals surface area contributed by atoms with Crippen molar-refractivity contribution >= 4 is 49.1 Å². The van der Waals surface area contributed by atoms with Crippen molar-refractivity contribution < 1.29 is 12.8 Å². The fourth-order valence-corrected chi connectivity index (χ4v) is 6.30. The smallest absolute Gasteiger partial charge is 0.229 e. The summed E-state index contributed by atoms with van der Waals surface area (Å²) in [5.41, 5.74) is 1.11. The number of sulfonamides is 1. The normalized spacial score (nSPS) is 20.8. The van der Waals surface area contributed by atoms with Crippen molar-refractivity contribution in [1.29, 1.82) is 0 Å². The third-order valence-electron chi connectivity index (χ3n) is 6.86. The number of hydrogen-bond donors (Lipinski definition) is 1. The molecule has 7 nitrogen and oxygen atoms in total. The average molecular weight is 589 g/mol. The molecule has 2 aliphatic rings. The summed E-state index contributed by atoms with van der Waals surface area (Å²) in [6.45, 7) is 7.33. The van der Waals surface area contributed by atoms with Crippen molar-refractivity contribution in [1.82, 2.24) is 14.8 Å². The number of anilines is 2. The number of piperidine rings is 1. The Morgan fingerprint density at radius 1 is 1.20 bits per heavy atom. The summed E-state index contributed by atoms with van der Waals surface area (Å²) in [7, 11) is -3.38. The molecule has 2 aliphatic heterocycles. The van der Waals surface area contributed by atoms with E-state index in [9.17, 15) is 12.8 Å². The molecule has 0 radical (unpaired) electrons. The standard InChI is InChI=1S/C24H32BrClFN5O2S/c1-3-20-16-31(24-22(26)13-19(14-28-24)29-35(2,33)34)10-11-32(20)21-6-8-30(9-7-21)15-17-4-5-18(25)12-23(17)27/h4-5,12-14,20-21,29H,3,6-11,15-16H2,1-2H3/t20-/m0/s1. The van der Waals surface area contributed by atoms with E-state index in [0.29, 0.717) is 35.2 Å². The molecule has 2 saturated heterocycles. The predicted molar refractivity (Wildman–Crippen MR) is 143 cm³/mol. The third kappa shape index (κ3) is 6.85. The lowest BCUT2D eigenvalue weighted by Crippen LogP contribution is -2.58. The van der Waals surface area contributed by atoms with E-state index < -0.39 is 10.0 Å². The molecular weight excluding hydrogens is 557 g/mol. The van der Waals surface area contributed by atoms with E-state index in [-0.39, 0.29) is 5.82 Å². The van der Waals surface area contributed by atoms with Gasteiger partial charge in [-0.2, -0.15) is 0 Å². The number of likely N-dealkylation sites (tertiary alicyclic amines) is 1. The summed E-state index contributed by atoms with van der Waals surface area (Å²) in [5, 5.41) is 0.440. The van der Waals surface area contributed by atoms with Crippen molar-refractivity contribution in [2.45, 2.75) is 44.8 Å². The van der Waals surface area contributed by atoms with Crippen LogP contribution in [0, 0.1) is 5.82 Å². The minimum absolute atomic E-state index is 0.156. The molecule has 1 aromatic carbocycles. The Balaban J connectivity index is 1.34. The maximum Gasteiger partial charge on any atom is 0.229 e. The van der Waals surface area contributed by atoms with Gasteiger partial charge < -0.3 is 4.90 Å². The molecule has 0 saturated carbocycles. The average Bonchev–Trinajstić information content (AvgIpc) is 2.80. The highest BCUT2D eigenvalue weighted by molar-refractivity contribution is 9.10. The summed E-state index contributed by atoms with van der Waals surface area (Å²) in [5.74, 6) is 0.534. The van der Waals surface area contributed by atoms with Crippen LogP contribution < -0.4 is 9.62 Å². The number of rotatable bonds is 7. The number of aromatic nitrogens is 1. The number of benzene rings is 1. The topological polar surface area (TPSA) is 68.8 Å². The van der Waals surface area contributed by atoms with Gasteiger partial charge in [-0.1, -0.05) is 40.5 Å². The molecule has 2 fully saturated rings. The highest BCUT2D eigenvalue weighted by atomic mass is 79.9. The van der Waals surface area contributed by atoms with E-state index in [1.165, 1.54) is 12.3 Å². The second kappa shape index (κ2) is 11.3. The van der Waals surface area contributed by atoms with Crippen molar-refractivity contribution in [3.8, 4) is 0 Å². The molecule has 0 amide bonds. The van der Waals surface area contributed by atoms with E-state index in [1.54, 1.807) is 6.07 Å². The van der Waals surface area contributed by atoms with E-state index in [4.69, 9.17) is 11.6 Å². The van der Waals surface area contributed by atoms with E-state index in [1.807, 2.05) is 12.1 Å². The second-order valence-electron chi connectivity index (χ2n) is 9.39. The summed E-state index contributed by atoms with van der Waals surface area (Å²) in [6.07, 6.45) is 5.77. The minimum Gasteiger partial charge on any atom is -0.353 e. The van der Waals surface area contributed by atoms with Gasteiger partial charge in [0.15, 0.2) is 0 Å². The molecule has 35 heavy (non-hydrogen) atoms. The lowest BCUT2D eigenvalue weighted by molar-refractivity contribution is 0.0607. The number of nitrogens with one attached hydrogen (secondary N) is 1. The Kier molecular flexibility index (Phi) is 8.58. The molecule has 2 aromatic rings. The monoisotopic (exact) mass is 587 g/mol. The Labute approximate surface area is 220 Å². The zero-order valence-electron chi connectivity index (χ0n) is 20.1. The Hall–Kier alpha value is -1.46. The molecule has 1 N–H and O–H groups in total. The van der Waals surface area contributed by atoms with Gasteiger partial charge in [-0.15, -0.1) is 0 Å². The molecule has 3 heterocycles. The molecular formula is C24H32BrClFN5O2S. The fraction of sp³-hybridized carbons (Fsp3) is 0.542. The van der Waals surface area contributed by atoms with Gasteiger partial charge in [-0.05, 0) is 50.6 Å². The van der Waals surface area contributed by atoms with Crippen LogP contribution in [-0.4, -0.2) is 74.3 Å². The minimum atomic E-state index is -3.38. The Bertz CT molecular complexity index is 1150. The molecule has 1 atom stereocenters. The number of pyridine rings is 1. The van der Waals surface area contributed by atoms with Gasteiger partial charge in [-0.25, -0.2) is 17.8 Å². The van der Waals surface area contributed by atoms with Crippen molar-refractivity contribution in [2.75, 3.05) is 48.6 Å². The van der Waals surface area contributed by atoms with Gasteiger partial charge in [0.1, 0.15) is 11.6 Å². The van der Waals surface area contributed by atoms with E-state index >= 15 is 0 Å². The van der Waals surface area contributed by atoms with Crippen LogP contribution in [0.5, 0.6) is 0 Å². The number of hydrogen-bond acceptors (Lipinski definition) is 6. The first-order valence-corrected chi connectivity index (χ1v) is 15.0. The molecule has 0 unspecified atom stereocenters. The molecule has 0 bridgehead atoms. The van der Waals surface area contributed by atoms with Gasteiger partial charge in [0.2, 0.25) is 10.0 Å². The van der Waals surface area contributed by atoms with Crippen LogP contribution >= 0.6 is 27.5 Å². The van der Waals surface area contributed by atoms with Crippen LogP contribution in [0.4, 0.5) is 15.9 Å². The second-order valence-corrected chi connectivity index (χ2v) is 12.5. The van der Waals surface area contributed by atoms with E-state index in [2.05, 4.69) is 47.3 Å². The van der Waals surface area contributed by atoms with Crippen molar-refractivity contribution in [3.05, 3.63) is 51.3 Å².